The second-order valence-corrected chi connectivity index (χ2v) is 9.57. The summed E-state index contributed by atoms with van der Waals surface area (Å²) in [5, 5.41) is 0. The average molecular weight is 400 g/mol. The molecule has 19 heavy (non-hydrogen) atoms. The van der Waals surface area contributed by atoms with Gasteiger partial charge in [-0.25, -0.2) is 0 Å². The van der Waals surface area contributed by atoms with E-state index in [0.29, 0.717) is 3.74 Å². The van der Waals surface area contributed by atoms with Gasteiger partial charge >= 0.3 is 0 Å². The minimum absolute atomic E-state index is 0.179. The number of rotatable bonds is 8. The summed E-state index contributed by atoms with van der Waals surface area (Å²) in [6, 6.07) is 0. The van der Waals surface area contributed by atoms with Crippen LogP contribution in [0.15, 0.2) is 0 Å². The molecule has 0 N–H and O–H groups in total. The Morgan fingerprint density at radius 2 is 1.79 bits per heavy atom. The first-order valence-corrected chi connectivity index (χ1v) is 9.13. The van der Waals surface area contributed by atoms with E-state index in [-0.39, 0.29) is 5.41 Å². The molecule has 0 radical (unpaired) electrons. The molecule has 0 saturated heterocycles. The van der Waals surface area contributed by atoms with Gasteiger partial charge in [-0.2, -0.15) is 0 Å². The van der Waals surface area contributed by atoms with Crippen molar-refractivity contribution < 1.29 is 9.47 Å². The van der Waals surface area contributed by atoms with E-state index in [4.69, 9.17) is 9.47 Å². The second-order valence-electron chi connectivity index (χ2n) is 6.13. The van der Waals surface area contributed by atoms with Gasteiger partial charge in [-0.1, -0.05) is 51.6 Å². The Bertz CT molecular complexity index is 240. The molecular weight excluding hydrogens is 372 g/mol. The molecule has 2 atom stereocenters. The first kappa shape index (κ1) is 17.9. The normalized spacial score (nSPS) is 24.9. The topological polar surface area (TPSA) is 18.5 Å². The highest BCUT2D eigenvalue weighted by atomic mass is 79.9. The van der Waals surface area contributed by atoms with E-state index in [0.717, 1.165) is 37.9 Å². The van der Waals surface area contributed by atoms with Crippen molar-refractivity contribution in [1.29, 1.82) is 0 Å². The second kappa shape index (κ2) is 9.01. The summed E-state index contributed by atoms with van der Waals surface area (Å²) in [6.45, 7) is 4.00. The third-order valence-corrected chi connectivity index (χ3v) is 5.44. The van der Waals surface area contributed by atoms with Crippen LogP contribution in [-0.4, -0.2) is 31.2 Å². The number of alkyl halides is 2. The molecular formula is C15H28Br2O2. The average Bonchev–Trinajstić information content (AvgIpc) is 2.36. The SMILES string of the molecule is COCC(CCC(Br)Br)(COC)C1CCCC(C)C1. The zero-order valence-corrected chi connectivity index (χ0v) is 15.6. The van der Waals surface area contributed by atoms with E-state index in [2.05, 4.69) is 38.8 Å². The molecule has 0 spiro atoms. The molecule has 0 heterocycles. The van der Waals surface area contributed by atoms with Gasteiger partial charge in [-0.05, 0) is 37.5 Å². The number of halogens is 2. The van der Waals surface area contributed by atoms with Crippen molar-refractivity contribution in [3.05, 3.63) is 0 Å². The van der Waals surface area contributed by atoms with Gasteiger partial charge in [0.2, 0.25) is 0 Å². The van der Waals surface area contributed by atoms with Crippen molar-refractivity contribution in [2.75, 3.05) is 27.4 Å². The van der Waals surface area contributed by atoms with E-state index in [9.17, 15) is 0 Å². The summed E-state index contributed by atoms with van der Waals surface area (Å²) >= 11 is 7.20. The van der Waals surface area contributed by atoms with Crippen LogP contribution in [0, 0.1) is 17.3 Å². The molecule has 0 bridgehead atoms. The predicted molar refractivity (Wildman–Crippen MR) is 88.2 cm³/mol. The zero-order chi connectivity index (χ0) is 14.3. The van der Waals surface area contributed by atoms with Crippen LogP contribution in [0.25, 0.3) is 0 Å². The Hall–Kier alpha value is 0.880. The van der Waals surface area contributed by atoms with Crippen molar-refractivity contribution in [1.82, 2.24) is 0 Å². The van der Waals surface area contributed by atoms with Gasteiger partial charge in [0.15, 0.2) is 0 Å². The van der Waals surface area contributed by atoms with Crippen LogP contribution in [0.1, 0.15) is 45.4 Å². The van der Waals surface area contributed by atoms with Crippen LogP contribution in [0.2, 0.25) is 0 Å². The van der Waals surface area contributed by atoms with E-state index in [1.165, 1.54) is 25.7 Å². The lowest BCUT2D eigenvalue weighted by Crippen LogP contribution is -2.41. The van der Waals surface area contributed by atoms with Crippen molar-refractivity contribution in [2.45, 2.75) is 49.2 Å². The lowest BCUT2D eigenvalue weighted by Gasteiger charge is -2.43. The van der Waals surface area contributed by atoms with Gasteiger partial charge in [-0.15, -0.1) is 0 Å². The van der Waals surface area contributed by atoms with Crippen molar-refractivity contribution >= 4 is 31.9 Å². The lowest BCUT2D eigenvalue weighted by molar-refractivity contribution is -0.0519. The highest BCUT2D eigenvalue weighted by Gasteiger charge is 2.40. The third kappa shape index (κ3) is 5.64. The van der Waals surface area contributed by atoms with Crippen molar-refractivity contribution in [3.8, 4) is 0 Å². The molecule has 0 aromatic heterocycles. The fraction of sp³-hybridized carbons (Fsp3) is 1.00. The van der Waals surface area contributed by atoms with Gasteiger partial charge in [0.05, 0.1) is 17.0 Å². The van der Waals surface area contributed by atoms with Crippen molar-refractivity contribution in [2.24, 2.45) is 17.3 Å². The Labute approximate surface area is 135 Å². The number of hydrogen-bond donors (Lipinski definition) is 0. The van der Waals surface area contributed by atoms with Gasteiger partial charge < -0.3 is 9.47 Å². The summed E-state index contributed by atoms with van der Waals surface area (Å²) in [5.74, 6) is 1.57. The van der Waals surface area contributed by atoms with E-state index in [1.807, 2.05) is 14.2 Å². The molecule has 1 rings (SSSR count). The summed E-state index contributed by atoms with van der Waals surface area (Å²) < 4.78 is 11.5. The molecule has 2 nitrogen and oxygen atoms in total. The summed E-state index contributed by atoms with van der Waals surface area (Å²) in [6.07, 6.45) is 7.64. The molecule has 1 aliphatic carbocycles. The number of ether oxygens (including phenoxy) is 2. The molecule has 0 aromatic carbocycles. The molecule has 0 aromatic rings. The fourth-order valence-corrected chi connectivity index (χ4v) is 4.05. The van der Waals surface area contributed by atoms with Crippen molar-refractivity contribution in [3.63, 3.8) is 0 Å². The maximum absolute atomic E-state index is 5.57. The van der Waals surface area contributed by atoms with Gasteiger partial charge in [0.1, 0.15) is 0 Å². The largest absolute Gasteiger partial charge is 0.384 e. The summed E-state index contributed by atoms with van der Waals surface area (Å²) in [7, 11) is 3.63. The fourth-order valence-electron chi connectivity index (χ4n) is 3.59. The summed E-state index contributed by atoms with van der Waals surface area (Å²) in [4.78, 5) is 0. The van der Waals surface area contributed by atoms with Crippen LogP contribution in [0.3, 0.4) is 0 Å². The number of hydrogen-bond acceptors (Lipinski definition) is 2. The minimum atomic E-state index is 0.179. The molecule has 0 aliphatic heterocycles. The zero-order valence-electron chi connectivity index (χ0n) is 12.5. The van der Waals surface area contributed by atoms with Crippen LogP contribution < -0.4 is 0 Å². The van der Waals surface area contributed by atoms with Gasteiger partial charge in [0, 0.05) is 19.6 Å². The maximum Gasteiger partial charge on any atom is 0.0698 e. The third-order valence-electron chi connectivity index (χ3n) is 4.53. The molecule has 114 valence electrons. The standard InChI is InChI=1S/C15H28Br2O2/c1-12-5-4-6-13(9-12)15(10-18-2,11-19-3)8-7-14(16)17/h12-14H,4-11H2,1-3H3. The first-order chi connectivity index (χ1) is 9.04. The Morgan fingerprint density at radius 1 is 1.16 bits per heavy atom. The van der Waals surface area contributed by atoms with Gasteiger partial charge in [-0.3, -0.25) is 0 Å². The van der Waals surface area contributed by atoms with Crippen LogP contribution in [0.4, 0.5) is 0 Å². The Morgan fingerprint density at radius 3 is 2.26 bits per heavy atom. The van der Waals surface area contributed by atoms with Crippen LogP contribution in [-0.2, 0) is 9.47 Å². The molecule has 1 saturated carbocycles. The van der Waals surface area contributed by atoms with E-state index < -0.39 is 0 Å². The van der Waals surface area contributed by atoms with E-state index >= 15 is 0 Å². The maximum atomic E-state index is 5.57. The summed E-state index contributed by atoms with van der Waals surface area (Å²) in [5.41, 5.74) is 0.179. The lowest BCUT2D eigenvalue weighted by atomic mass is 9.65. The number of methoxy groups -OCH3 is 2. The molecule has 0 amide bonds. The molecule has 4 heteroatoms. The van der Waals surface area contributed by atoms with Gasteiger partial charge in [0.25, 0.3) is 0 Å². The quantitative estimate of drug-likeness (QED) is 0.535. The highest BCUT2D eigenvalue weighted by molar-refractivity contribution is 9.24. The molecule has 1 aliphatic rings. The Kier molecular flexibility index (Phi) is 8.50. The smallest absolute Gasteiger partial charge is 0.0698 e. The minimum Gasteiger partial charge on any atom is -0.384 e. The van der Waals surface area contributed by atoms with Crippen LogP contribution in [0.5, 0.6) is 0 Å². The predicted octanol–water partition coefficient (Wildman–Crippen LogP) is 4.99. The first-order valence-electron chi connectivity index (χ1n) is 7.30. The highest BCUT2D eigenvalue weighted by Crippen LogP contribution is 2.45. The Balaban J connectivity index is 2.79. The van der Waals surface area contributed by atoms with Crippen LogP contribution >= 0.6 is 31.9 Å². The van der Waals surface area contributed by atoms with E-state index in [1.54, 1.807) is 0 Å². The molecule has 1 fully saturated rings. The monoisotopic (exact) mass is 398 g/mol. The molecule has 2 unspecified atom stereocenters.